The monoisotopic (exact) mass is 348 g/mol. The fourth-order valence-corrected chi connectivity index (χ4v) is 2.84. The first-order chi connectivity index (χ1) is 12.5. The summed E-state index contributed by atoms with van der Waals surface area (Å²) in [6.45, 7) is 3.57. The van der Waals surface area contributed by atoms with Crippen molar-refractivity contribution < 1.29 is 19.4 Å². The maximum Gasteiger partial charge on any atom is 0.342 e. The van der Waals surface area contributed by atoms with Crippen LogP contribution in [0.5, 0.6) is 5.75 Å². The number of phenolic OH excluding ortho intramolecular Hbond substituents is 1. The van der Waals surface area contributed by atoms with E-state index in [1.807, 2.05) is 31.2 Å². The van der Waals surface area contributed by atoms with Crippen LogP contribution in [0.1, 0.15) is 40.1 Å². The molecule has 0 saturated heterocycles. The molecule has 1 N–H and O–H groups in total. The Hall–Kier alpha value is -3.14. The number of phenols is 1. The third kappa shape index (κ3) is 3.45. The number of carbonyl (C=O) groups is 2. The van der Waals surface area contributed by atoms with Gasteiger partial charge in [-0.1, -0.05) is 61.5 Å². The first-order valence-corrected chi connectivity index (χ1v) is 8.56. The Balaban J connectivity index is 1.78. The molecule has 0 bridgehead atoms. The number of aromatic hydroxyl groups is 1. The first kappa shape index (κ1) is 17.7. The van der Waals surface area contributed by atoms with E-state index in [-0.39, 0.29) is 17.1 Å². The van der Waals surface area contributed by atoms with Crippen molar-refractivity contribution in [2.45, 2.75) is 26.4 Å². The number of aryl methyl sites for hydroxylation is 1. The number of carbonyl (C=O) groups excluding carboxylic acids is 2. The van der Waals surface area contributed by atoms with Gasteiger partial charge in [0.1, 0.15) is 11.3 Å². The molecule has 1 atom stereocenters. The van der Waals surface area contributed by atoms with Crippen molar-refractivity contribution in [3.05, 3.63) is 77.4 Å². The van der Waals surface area contributed by atoms with Crippen LogP contribution in [0.3, 0.4) is 0 Å². The van der Waals surface area contributed by atoms with Crippen molar-refractivity contribution in [3.63, 3.8) is 0 Å². The van der Waals surface area contributed by atoms with E-state index in [9.17, 15) is 14.7 Å². The van der Waals surface area contributed by atoms with Gasteiger partial charge in [-0.2, -0.15) is 0 Å². The third-order valence-electron chi connectivity index (χ3n) is 4.42. The van der Waals surface area contributed by atoms with Crippen LogP contribution >= 0.6 is 0 Å². The molecule has 0 radical (unpaired) electrons. The fraction of sp³-hybridized carbons (Fsp3) is 0.182. The van der Waals surface area contributed by atoms with Crippen LogP contribution in [0.4, 0.5) is 0 Å². The number of benzene rings is 3. The predicted octanol–water partition coefficient (Wildman–Crippen LogP) is 4.54. The largest absolute Gasteiger partial charge is 0.506 e. The Morgan fingerprint density at radius 1 is 1.00 bits per heavy atom. The maximum absolute atomic E-state index is 12.5. The molecule has 0 aromatic heterocycles. The molecule has 3 rings (SSSR count). The molecule has 0 aliphatic heterocycles. The summed E-state index contributed by atoms with van der Waals surface area (Å²) in [6.07, 6.45) is -0.0545. The molecule has 0 fully saturated rings. The van der Waals surface area contributed by atoms with Gasteiger partial charge in [0.2, 0.25) is 5.78 Å². The molecular weight excluding hydrogens is 328 g/mol. The number of hydrogen-bond donors (Lipinski definition) is 1. The Labute approximate surface area is 152 Å². The molecule has 26 heavy (non-hydrogen) atoms. The van der Waals surface area contributed by atoms with Gasteiger partial charge in [-0.05, 0) is 30.4 Å². The van der Waals surface area contributed by atoms with Crippen LogP contribution < -0.4 is 0 Å². The number of Topliss-reactive ketones (excluding diaryl/α,β-unsaturated/α-hetero) is 1. The molecule has 0 saturated carbocycles. The molecule has 0 spiro atoms. The highest BCUT2D eigenvalue weighted by Crippen LogP contribution is 2.29. The second-order valence-corrected chi connectivity index (χ2v) is 6.15. The topological polar surface area (TPSA) is 63.6 Å². The molecule has 3 aromatic rings. The van der Waals surface area contributed by atoms with E-state index in [0.717, 1.165) is 17.4 Å². The van der Waals surface area contributed by atoms with Crippen LogP contribution in [-0.2, 0) is 11.2 Å². The van der Waals surface area contributed by atoms with E-state index >= 15 is 0 Å². The number of ketones is 1. The van der Waals surface area contributed by atoms with Gasteiger partial charge in [0.15, 0.2) is 6.10 Å². The van der Waals surface area contributed by atoms with Crippen LogP contribution in [0.2, 0.25) is 0 Å². The average molecular weight is 348 g/mol. The van der Waals surface area contributed by atoms with Gasteiger partial charge in [0, 0.05) is 10.9 Å². The molecular formula is C22H20O4. The minimum absolute atomic E-state index is 0.0460. The minimum Gasteiger partial charge on any atom is -0.506 e. The maximum atomic E-state index is 12.5. The van der Waals surface area contributed by atoms with Gasteiger partial charge in [-0.3, -0.25) is 4.79 Å². The van der Waals surface area contributed by atoms with Crippen molar-refractivity contribution >= 4 is 22.5 Å². The molecule has 4 nitrogen and oxygen atoms in total. The zero-order valence-electron chi connectivity index (χ0n) is 14.7. The van der Waals surface area contributed by atoms with Crippen molar-refractivity contribution in [1.29, 1.82) is 0 Å². The number of ether oxygens (including phenoxy) is 1. The molecule has 0 unspecified atom stereocenters. The number of esters is 1. The minimum atomic E-state index is -0.944. The molecule has 0 amide bonds. The van der Waals surface area contributed by atoms with Crippen molar-refractivity contribution in [1.82, 2.24) is 0 Å². The third-order valence-corrected chi connectivity index (χ3v) is 4.42. The van der Waals surface area contributed by atoms with Crippen molar-refractivity contribution in [2.24, 2.45) is 0 Å². The van der Waals surface area contributed by atoms with E-state index in [1.54, 1.807) is 30.3 Å². The summed E-state index contributed by atoms with van der Waals surface area (Å²) in [5, 5.41) is 11.7. The lowest BCUT2D eigenvalue weighted by Crippen LogP contribution is -2.24. The van der Waals surface area contributed by atoms with Gasteiger partial charge < -0.3 is 9.84 Å². The van der Waals surface area contributed by atoms with Crippen LogP contribution in [0.15, 0.2) is 60.7 Å². The van der Waals surface area contributed by atoms with E-state index in [4.69, 9.17) is 4.74 Å². The van der Waals surface area contributed by atoms with Crippen molar-refractivity contribution in [3.8, 4) is 5.75 Å². The predicted molar refractivity (Wildman–Crippen MR) is 101 cm³/mol. The summed E-state index contributed by atoms with van der Waals surface area (Å²) in [7, 11) is 0. The summed E-state index contributed by atoms with van der Waals surface area (Å²) in [5.74, 6) is -1.14. The number of fused-ring (bicyclic) bond motifs is 1. The van der Waals surface area contributed by atoms with Gasteiger partial charge in [0.05, 0.1) is 0 Å². The van der Waals surface area contributed by atoms with Gasteiger partial charge in [-0.25, -0.2) is 4.79 Å². The molecule has 132 valence electrons. The Morgan fingerprint density at radius 2 is 1.69 bits per heavy atom. The van der Waals surface area contributed by atoms with Gasteiger partial charge >= 0.3 is 5.97 Å². The summed E-state index contributed by atoms with van der Waals surface area (Å²) >= 11 is 0. The smallest absolute Gasteiger partial charge is 0.342 e. The zero-order chi connectivity index (χ0) is 18.7. The van der Waals surface area contributed by atoms with Crippen LogP contribution in [-0.4, -0.2) is 23.0 Å². The van der Waals surface area contributed by atoms with E-state index in [1.165, 1.54) is 13.0 Å². The lowest BCUT2D eigenvalue weighted by Gasteiger charge is -2.14. The second-order valence-electron chi connectivity index (χ2n) is 6.15. The summed E-state index contributed by atoms with van der Waals surface area (Å²) < 4.78 is 5.29. The number of hydrogen-bond acceptors (Lipinski definition) is 4. The Morgan fingerprint density at radius 3 is 2.38 bits per heavy atom. The standard InChI is InChI=1S/C22H20O4/c1-3-15-8-10-17(11-9-15)20(23)14(2)26-22(25)19-13-12-16-6-4-5-7-18(16)21(19)24/h4-14,24H,3H2,1-2H3/t14-/m0/s1. The molecule has 0 heterocycles. The average Bonchev–Trinajstić information content (AvgIpc) is 2.67. The van der Waals surface area contributed by atoms with Gasteiger partial charge in [0.25, 0.3) is 0 Å². The zero-order valence-corrected chi connectivity index (χ0v) is 14.7. The van der Waals surface area contributed by atoms with E-state index < -0.39 is 12.1 Å². The first-order valence-electron chi connectivity index (χ1n) is 8.56. The number of rotatable bonds is 5. The normalized spacial score (nSPS) is 11.9. The van der Waals surface area contributed by atoms with E-state index in [2.05, 4.69) is 0 Å². The summed E-state index contributed by atoms with van der Waals surface area (Å²) in [4.78, 5) is 24.9. The fourth-order valence-electron chi connectivity index (χ4n) is 2.84. The highest BCUT2D eigenvalue weighted by molar-refractivity contribution is 6.04. The van der Waals surface area contributed by atoms with Crippen LogP contribution in [0, 0.1) is 0 Å². The Bertz CT molecular complexity index is 958. The lowest BCUT2D eigenvalue weighted by atomic mass is 10.0. The second kappa shape index (κ2) is 7.40. The highest BCUT2D eigenvalue weighted by atomic mass is 16.5. The quantitative estimate of drug-likeness (QED) is 0.543. The Kier molecular flexibility index (Phi) is 5.03. The summed E-state index contributed by atoms with van der Waals surface area (Å²) in [5.41, 5.74) is 1.67. The van der Waals surface area contributed by atoms with Crippen molar-refractivity contribution in [2.75, 3.05) is 0 Å². The molecule has 3 aromatic carbocycles. The molecule has 0 aliphatic carbocycles. The van der Waals surface area contributed by atoms with Crippen LogP contribution in [0.25, 0.3) is 10.8 Å². The lowest BCUT2D eigenvalue weighted by molar-refractivity contribution is 0.0316. The van der Waals surface area contributed by atoms with E-state index in [0.29, 0.717) is 10.9 Å². The SMILES string of the molecule is CCc1ccc(C(=O)[C@H](C)OC(=O)c2ccc3ccccc3c2O)cc1. The summed E-state index contributed by atoms with van der Waals surface area (Å²) in [6, 6.07) is 17.7. The molecule has 4 heteroatoms. The molecule has 0 aliphatic rings. The van der Waals surface area contributed by atoms with Gasteiger partial charge in [-0.15, -0.1) is 0 Å². The highest BCUT2D eigenvalue weighted by Gasteiger charge is 2.22.